The van der Waals surface area contributed by atoms with Gasteiger partial charge in [-0.05, 0) is 43.3 Å². The van der Waals surface area contributed by atoms with Crippen LogP contribution in [0.5, 0.6) is 0 Å². The first kappa shape index (κ1) is 23.3. The molecule has 0 spiro atoms. The summed E-state index contributed by atoms with van der Waals surface area (Å²) in [6.07, 6.45) is 0. The molecule has 0 amide bonds. The average Bonchev–Trinajstić information content (AvgIpc) is 3.36. The smallest absolute Gasteiger partial charge is 0.269 e. The summed E-state index contributed by atoms with van der Waals surface area (Å²) in [5, 5.41) is 18.8. The van der Waals surface area contributed by atoms with Gasteiger partial charge in [0.1, 0.15) is 11.6 Å². The molecule has 180 valence electrons. The highest BCUT2D eigenvalue weighted by Crippen LogP contribution is 2.35. The molecule has 0 unspecified atom stereocenters. The molecule has 9 nitrogen and oxygen atoms in total. The van der Waals surface area contributed by atoms with Gasteiger partial charge in [-0.25, -0.2) is 13.8 Å². The van der Waals surface area contributed by atoms with Gasteiger partial charge in [0.25, 0.3) is 11.2 Å². The molecule has 1 atom stereocenters. The quantitative estimate of drug-likeness (QED) is 0.128. The maximum atomic E-state index is 14.7. The zero-order valence-corrected chi connectivity index (χ0v) is 19.3. The molecule has 36 heavy (non-hydrogen) atoms. The van der Waals surface area contributed by atoms with E-state index in [2.05, 4.69) is 15.2 Å². The molecule has 0 radical (unpaired) electrons. The number of aromatic nitrogens is 4. The third kappa shape index (κ3) is 4.33. The SMILES string of the molecule is C[C@H](Sc1nc2ccccc2c(=O)n1-c1ccc(F)cc1F)c1nnc(-c2ccc([N+](=O)[O-])cc2)o1. The predicted octanol–water partition coefficient (Wildman–Crippen LogP) is 5.48. The number of thioether (sulfide) groups is 1. The summed E-state index contributed by atoms with van der Waals surface area (Å²) < 4.78 is 35.1. The van der Waals surface area contributed by atoms with E-state index in [0.717, 1.165) is 22.4 Å². The predicted molar refractivity (Wildman–Crippen MR) is 128 cm³/mol. The second-order valence-corrected chi connectivity index (χ2v) is 8.97. The summed E-state index contributed by atoms with van der Waals surface area (Å²) >= 11 is 1.08. The van der Waals surface area contributed by atoms with E-state index in [-0.39, 0.29) is 33.7 Å². The summed E-state index contributed by atoms with van der Waals surface area (Å²) in [6, 6.07) is 15.2. The van der Waals surface area contributed by atoms with E-state index in [1.54, 1.807) is 31.2 Å². The van der Waals surface area contributed by atoms with E-state index in [9.17, 15) is 23.7 Å². The van der Waals surface area contributed by atoms with Crippen molar-refractivity contribution in [2.24, 2.45) is 0 Å². The second-order valence-electron chi connectivity index (χ2n) is 7.66. The van der Waals surface area contributed by atoms with Crippen molar-refractivity contribution < 1.29 is 18.1 Å². The molecule has 5 rings (SSSR count). The Labute approximate surface area is 205 Å². The summed E-state index contributed by atoms with van der Waals surface area (Å²) in [6.45, 7) is 1.74. The van der Waals surface area contributed by atoms with Crippen LogP contribution in [0.4, 0.5) is 14.5 Å². The molecule has 0 bridgehead atoms. The van der Waals surface area contributed by atoms with Crippen molar-refractivity contribution in [1.29, 1.82) is 0 Å². The lowest BCUT2D eigenvalue weighted by Crippen LogP contribution is -2.23. The lowest BCUT2D eigenvalue weighted by Gasteiger charge is -2.15. The highest BCUT2D eigenvalue weighted by molar-refractivity contribution is 7.99. The zero-order chi connectivity index (χ0) is 25.4. The van der Waals surface area contributed by atoms with Crippen molar-refractivity contribution in [2.45, 2.75) is 17.3 Å². The van der Waals surface area contributed by atoms with Crippen LogP contribution >= 0.6 is 11.8 Å². The molecule has 5 aromatic rings. The summed E-state index contributed by atoms with van der Waals surface area (Å²) in [4.78, 5) is 28.2. The minimum absolute atomic E-state index is 0.0733. The number of fused-ring (bicyclic) bond motifs is 1. The fourth-order valence-electron chi connectivity index (χ4n) is 3.52. The number of halogens is 2. The molecule has 0 aliphatic rings. The molecular weight excluding hydrogens is 492 g/mol. The van der Waals surface area contributed by atoms with Gasteiger partial charge >= 0.3 is 0 Å². The van der Waals surface area contributed by atoms with E-state index in [1.165, 1.54) is 30.3 Å². The van der Waals surface area contributed by atoms with E-state index < -0.39 is 27.4 Å². The lowest BCUT2D eigenvalue weighted by molar-refractivity contribution is -0.384. The number of para-hydroxylation sites is 1. The Balaban J connectivity index is 1.53. The largest absolute Gasteiger partial charge is 0.419 e. The average molecular weight is 507 g/mol. The lowest BCUT2D eigenvalue weighted by atomic mass is 10.2. The maximum absolute atomic E-state index is 14.7. The first-order valence-electron chi connectivity index (χ1n) is 10.5. The van der Waals surface area contributed by atoms with E-state index in [0.29, 0.717) is 17.1 Å². The summed E-state index contributed by atoms with van der Waals surface area (Å²) in [5.41, 5.74) is 0.166. The standard InChI is InChI=1S/C24H15F2N5O4S/c1-13(21-28-29-22(35-21)14-6-9-16(10-7-14)31(33)34)36-24-27-19-5-3-2-4-17(19)23(32)30(24)20-11-8-15(25)12-18(20)26/h2-13H,1H3/t13-/m0/s1. The topological polar surface area (TPSA) is 117 Å². The molecule has 0 N–H and O–H groups in total. The van der Waals surface area contributed by atoms with Crippen molar-refractivity contribution >= 4 is 28.4 Å². The van der Waals surface area contributed by atoms with Gasteiger partial charge in [0.15, 0.2) is 5.16 Å². The number of rotatable bonds is 6. The number of nitro groups is 1. The van der Waals surface area contributed by atoms with Gasteiger partial charge in [0, 0.05) is 23.8 Å². The van der Waals surface area contributed by atoms with Crippen LogP contribution in [0.2, 0.25) is 0 Å². The van der Waals surface area contributed by atoms with E-state index in [1.807, 2.05) is 0 Å². The maximum Gasteiger partial charge on any atom is 0.269 e. The number of non-ortho nitro benzene ring substituents is 1. The summed E-state index contributed by atoms with van der Waals surface area (Å²) in [5.74, 6) is -1.34. The van der Waals surface area contributed by atoms with Gasteiger partial charge in [-0.15, -0.1) is 10.2 Å². The Hall–Kier alpha value is -4.45. The number of nitro benzene ring substituents is 1. The van der Waals surface area contributed by atoms with Crippen molar-refractivity contribution in [1.82, 2.24) is 19.7 Å². The molecule has 3 aromatic carbocycles. The monoisotopic (exact) mass is 507 g/mol. The van der Waals surface area contributed by atoms with Crippen molar-refractivity contribution in [3.63, 3.8) is 0 Å². The molecular formula is C24H15F2N5O4S. The van der Waals surface area contributed by atoms with Gasteiger partial charge < -0.3 is 4.42 Å². The first-order chi connectivity index (χ1) is 17.3. The minimum Gasteiger partial charge on any atom is -0.419 e. The van der Waals surface area contributed by atoms with E-state index >= 15 is 0 Å². The summed E-state index contributed by atoms with van der Waals surface area (Å²) in [7, 11) is 0. The number of hydrogen-bond donors (Lipinski definition) is 0. The molecule has 0 fully saturated rings. The van der Waals surface area contributed by atoms with Gasteiger partial charge in [-0.1, -0.05) is 23.9 Å². The van der Waals surface area contributed by atoms with E-state index in [4.69, 9.17) is 4.42 Å². The van der Waals surface area contributed by atoms with Crippen LogP contribution in [-0.2, 0) is 0 Å². The second kappa shape index (κ2) is 9.30. The van der Waals surface area contributed by atoms with Crippen molar-refractivity contribution in [3.8, 4) is 17.1 Å². The highest BCUT2D eigenvalue weighted by Gasteiger charge is 2.22. The van der Waals surface area contributed by atoms with Crippen molar-refractivity contribution in [3.05, 3.63) is 105 Å². The van der Waals surface area contributed by atoms with Crippen LogP contribution in [0.3, 0.4) is 0 Å². The zero-order valence-electron chi connectivity index (χ0n) is 18.5. The molecule has 0 aliphatic heterocycles. The van der Waals surface area contributed by atoms with Gasteiger partial charge in [0.05, 0.1) is 26.8 Å². The van der Waals surface area contributed by atoms with Gasteiger partial charge in [0.2, 0.25) is 11.8 Å². The normalized spacial score (nSPS) is 12.1. The molecule has 2 heterocycles. The number of nitrogens with zero attached hydrogens (tertiary/aromatic N) is 5. The molecule has 0 saturated carbocycles. The Morgan fingerprint density at radius 3 is 2.53 bits per heavy atom. The third-order valence-corrected chi connectivity index (χ3v) is 6.33. The fourth-order valence-corrected chi connectivity index (χ4v) is 4.47. The Morgan fingerprint density at radius 2 is 1.81 bits per heavy atom. The molecule has 12 heteroatoms. The van der Waals surface area contributed by atoms with Crippen LogP contribution in [0.15, 0.2) is 81.1 Å². The Kier molecular flexibility index (Phi) is 6.02. The van der Waals surface area contributed by atoms with Crippen LogP contribution in [-0.4, -0.2) is 24.7 Å². The number of benzene rings is 3. The molecule has 2 aromatic heterocycles. The molecule has 0 aliphatic carbocycles. The Bertz CT molecular complexity index is 1670. The first-order valence-corrected chi connectivity index (χ1v) is 11.4. The van der Waals surface area contributed by atoms with Gasteiger partial charge in [-0.3, -0.25) is 19.5 Å². The van der Waals surface area contributed by atoms with Crippen LogP contribution < -0.4 is 5.56 Å². The highest BCUT2D eigenvalue weighted by atomic mass is 32.2. The van der Waals surface area contributed by atoms with Crippen LogP contribution in [0.25, 0.3) is 28.0 Å². The van der Waals surface area contributed by atoms with Gasteiger partial charge in [-0.2, -0.15) is 0 Å². The minimum atomic E-state index is -0.915. The Morgan fingerprint density at radius 1 is 1.06 bits per heavy atom. The third-order valence-electron chi connectivity index (χ3n) is 5.29. The fraction of sp³-hybridized carbons (Fsp3) is 0.0833. The number of hydrogen-bond acceptors (Lipinski definition) is 8. The van der Waals surface area contributed by atoms with Crippen LogP contribution in [0, 0.1) is 21.7 Å². The van der Waals surface area contributed by atoms with Crippen LogP contribution in [0.1, 0.15) is 18.1 Å². The molecule has 0 saturated heterocycles. The van der Waals surface area contributed by atoms with Crippen molar-refractivity contribution in [2.75, 3.05) is 0 Å².